The van der Waals surface area contributed by atoms with Crippen LogP contribution in [0.5, 0.6) is 0 Å². The van der Waals surface area contributed by atoms with Crippen molar-refractivity contribution in [3.05, 3.63) is 35.9 Å². The van der Waals surface area contributed by atoms with E-state index in [4.69, 9.17) is 0 Å². The predicted molar refractivity (Wildman–Crippen MR) is 70.0 cm³/mol. The van der Waals surface area contributed by atoms with Crippen LogP contribution < -0.4 is 0 Å². The fourth-order valence-electron chi connectivity index (χ4n) is 1.74. The van der Waals surface area contributed by atoms with E-state index in [1.165, 1.54) is 0 Å². The summed E-state index contributed by atoms with van der Waals surface area (Å²) >= 11 is 3.15. The first-order valence-corrected chi connectivity index (χ1v) is 7.25. The number of hydrogen-bond donors (Lipinski definition) is 1. The van der Waals surface area contributed by atoms with Crippen molar-refractivity contribution in [2.24, 2.45) is 0 Å². The van der Waals surface area contributed by atoms with Gasteiger partial charge < -0.3 is 5.11 Å². The van der Waals surface area contributed by atoms with Crippen LogP contribution in [0.15, 0.2) is 30.3 Å². The molecule has 0 radical (unpaired) electrons. The Labute approximate surface area is 104 Å². The van der Waals surface area contributed by atoms with Gasteiger partial charge in [0.2, 0.25) is 0 Å². The molecule has 1 N–H and O–H groups in total. The van der Waals surface area contributed by atoms with Crippen LogP contribution in [0.2, 0.25) is 0 Å². The minimum Gasteiger partial charge on any atom is -0.480 e. The van der Waals surface area contributed by atoms with E-state index in [0.717, 1.165) is 23.5 Å². The number of rotatable bonds is 3. The molecule has 0 atom stereocenters. The molecular formula is C12H14O2S2. The van der Waals surface area contributed by atoms with Gasteiger partial charge in [-0.2, -0.15) is 0 Å². The highest BCUT2D eigenvalue weighted by atomic mass is 32.2. The quantitative estimate of drug-likeness (QED) is 0.900. The SMILES string of the molecule is O=C(O)C1(Cc2ccccc2)SCCCS1. The lowest BCUT2D eigenvalue weighted by atomic mass is 10.1. The Balaban J connectivity index is 2.17. The standard InChI is InChI=1S/C12H14O2S2/c13-11(14)12(15-7-4-8-16-12)9-10-5-2-1-3-6-10/h1-3,5-6H,4,7-9H2,(H,13,14). The van der Waals surface area contributed by atoms with E-state index in [0.29, 0.717) is 6.42 Å². The van der Waals surface area contributed by atoms with Crippen molar-refractivity contribution in [1.29, 1.82) is 0 Å². The molecule has 4 heteroatoms. The van der Waals surface area contributed by atoms with E-state index in [1.807, 2.05) is 30.3 Å². The Morgan fingerprint density at radius 1 is 1.25 bits per heavy atom. The second-order valence-electron chi connectivity index (χ2n) is 3.77. The lowest BCUT2D eigenvalue weighted by molar-refractivity contribution is -0.137. The van der Waals surface area contributed by atoms with Crippen molar-refractivity contribution >= 4 is 29.5 Å². The first kappa shape index (κ1) is 11.9. The number of hydrogen-bond acceptors (Lipinski definition) is 3. The molecule has 1 aromatic carbocycles. The molecule has 16 heavy (non-hydrogen) atoms. The van der Waals surface area contributed by atoms with Crippen LogP contribution in [0.25, 0.3) is 0 Å². The van der Waals surface area contributed by atoms with Crippen molar-refractivity contribution in [2.45, 2.75) is 16.9 Å². The molecule has 1 aromatic rings. The molecule has 2 nitrogen and oxygen atoms in total. The number of benzene rings is 1. The van der Waals surface area contributed by atoms with Crippen LogP contribution in [0.3, 0.4) is 0 Å². The Morgan fingerprint density at radius 3 is 2.44 bits per heavy atom. The summed E-state index contributed by atoms with van der Waals surface area (Å²) in [4.78, 5) is 11.4. The van der Waals surface area contributed by atoms with Gasteiger partial charge in [-0.3, -0.25) is 0 Å². The number of carboxylic acids is 1. The normalized spacial score (nSPS) is 19.2. The molecule has 0 bridgehead atoms. The molecule has 0 unspecified atom stereocenters. The minimum absolute atomic E-state index is 0.610. The Hall–Kier alpha value is -0.610. The summed E-state index contributed by atoms with van der Waals surface area (Å²) in [7, 11) is 0. The third-order valence-electron chi connectivity index (χ3n) is 2.56. The summed E-state index contributed by atoms with van der Waals surface area (Å²) in [6.07, 6.45) is 1.72. The van der Waals surface area contributed by atoms with Crippen molar-refractivity contribution in [3.8, 4) is 0 Å². The molecule has 0 amide bonds. The van der Waals surface area contributed by atoms with Crippen LogP contribution >= 0.6 is 23.5 Å². The lowest BCUT2D eigenvalue weighted by Crippen LogP contribution is -2.36. The maximum atomic E-state index is 11.4. The van der Waals surface area contributed by atoms with Crippen LogP contribution in [0, 0.1) is 0 Å². The van der Waals surface area contributed by atoms with Gasteiger partial charge in [0.1, 0.15) is 0 Å². The van der Waals surface area contributed by atoms with Gasteiger partial charge in [0.25, 0.3) is 0 Å². The number of carboxylic acid groups (broad SMARTS) is 1. The molecule has 1 fully saturated rings. The molecule has 0 saturated carbocycles. The summed E-state index contributed by atoms with van der Waals surface area (Å²) in [6, 6.07) is 9.88. The van der Waals surface area contributed by atoms with Gasteiger partial charge in [0.05, 0.1) is 0 Å². The van der Waals surface area contributed by atoms with Crippen molar-refractivity contribution < 1.29 is 9.90 Å². The predicted octanol–water partition coefficient (Wildman–Crippen LogP) is 2.88. The molecule has 86 valence electrons. The van der Waals surface area contributed by atoms with Crippen molar-refractivity contribution in [3.63, 3.8) is 0 Å². The fraction of sp³-hybridized carbons (Fsp3) is 0.417. The Bertz CT molecular complexity index is 359. The van der Waals surface area contributed by atoms with Gasteiger partial charge in [-0.1, -0.05) is 30.3 Å². The molecule has 1 saturated heterocycles. The second-order valence-corrected chi connectivity index (χ2v) is 6.82. The van der Waals surface area contributed by atoms with Gasteiger partial charge in [-0.05, 0) is 23.5 Å². The first-order valence-electron chi connectivity index (χ1n) is 5.28. The third kappa shape index (κ3) is 2.55. The maximum absolute atomic E-state index is 11.4. The zero-order valence-corrected chi connectivity index (χ0v) is 10.5. The van der Waals surface area contributed by atoms with Crippen molar-refractivity contribution in [1.82, 2.24) is 0 Å². The van der Waals surface area contributed by atoms with Crippen molar-refractivity contribution in [2.75, 3.05) is 11.5 Å². The molecule has 0 aliphatic carbocycles. The van der Waals surface area contributed by atoms with Crippen LogP contribution in [0.4, 0.5) is 0 Å². The Kier molecular flexibility index (Phi) is 3.82. The van der Waals surface area contributed by atoms with Gasteiger partial charge in [0, 0.05) is 6.42 Å². The molecule has 1 aliphatic heterocycles. The van der Waals surface area contributed by atoms with Crippen LogP contribution in [-0.4, -0.2) is 26.7 Å². The van der Waals surface area contributed by atoms with E-state index in [2.05, 4.69) is 0 Å². The first-order chi connectivity index (χ1) is 7.73. The summed E-state index contributed by atoms with van der Waals surface area (Å²) < 4.78 is -0.667. The zero-order chi connectivity index (χ0) is 11.4. The second kappa shape index (κ2) is 5.15. The summed E-state index contributed by atoms with van der Waals surface area (Å²) in [5.41, 5.74) is 1.10. The van der Waals surface area contributed by atoms with E-state index in [-0.39, 0.29) is 0 Å². The summed E-state index contributed by atoms with van der Waals surface area (Å²) in [6.45, 7) is 0. The zero-order valence-electron chi connectivity index (χ0n) is 8.89. The van der Waals surface area contributed by atoms with E-state index >= 15 is 0 Å². The lowest BCUT2D eigenvalue weighted by Gasteiger charge is -2.31. The number of thioether (sulfide) groups is 2. The highest BCUT2D eigenvalue weighted by Gasteiger charge is 2.41. The summed E-state index contributed by atoms with van der Waals surface area (Å²) in [5, 5.41) is 9.41. The smallest absolute Gasteiger partial charge is 0.330 e. The molecule has 0 spiro atoms. The van der Waals surface area contributed by atoms with Crippen LogP contribution in [-0.2, 0) is 11.2 Å². The van der Waals surface area contributed by atoms with E-state index < -0.39 is 10.0 Å². The average Bonchev–Trinajstić information content (AvgIpc) is 2.31. The maximum Gasteiger partial charge on any atom is 0.330 e. The van der Waals surface area contributed by atoms with Crippen LogP contribution in [0.1, 0.15) is 12.0 Å². The topological polar surface area (TPSA) is 37.3 Å². The third-order valence-corrected chi connectivity index (χ3v) is 5.83. The molecule has 0 aromatic heterocycles. The molecule has 1 heterocycles. The monoisotopic (exact) mass is 254 g/mol. The molecular weight excluding hydrogens is 240 g/mol. The average molecular weight is 254 g/mol. The van der Waals surface area contributed by atoms with Gasteiger partial charge in [-0.25, -0.2) is 4.79 Å². The molecule has 1 aliphatic rings. The largest absolute Gasteiger partial charge is 0.480 e. The fourth-order valence-corrected chi connectivity index (χ4v) is 4.78. The van der Waals surface area contributed by atoms with Gasteiger partial charge in [-0.15, -0.1) is 23.5 Å². The number of carbonyl (C=O) groups is 1. The number of aliphatic carboxylic acids is 1. The molecule has 2 rings (SSSR count). The summed E-state index contributed by atoms with van der Waals surface area (Å²) in [5.74, 6) is 1.21. The van der Waals surface area contributed by atoms with Gasteiger partial charge in [0.15, 0.2) is 4.08 Å². The highest BCUT2D eigenvalue weighted by Crippen LogP contribution is 2.44. The van der Waals surface area contributed by atoms with Gasteiger partial charge >= 0.3 is 5.97 Å². The van der Waals surface area contributed by atoms with E-state index in [1.54, 1.807) is 23.5 Å². The minimum atomic E-state index is -0.689. The highest BCUT2D eigenvalue weighted by molar-refractivity contribution is 8.19. The van der Waals surface area contributed by atoms with E-state index in [9.17, 15) is 9.90 Å². The Morgan fingerprint density at radius 2 is 1.88 bits per heavy atom.